The minimum atomic E-state index is 0.185. The zero-order valence-corrected chi connectivity index (χ0v) is 16.7. The number of hydrogen-bond acceptors (Lipinski definition) is 3. The third-order valence-corrected chi connectivity index (χ3v) is 5.21. The highest BCUT2D eigenvalue weighted by Crippen LogP contribution is 2.35. The van der Waals surface area contributed by atoms with Gasteiger partial charge in [0.2, 0.25) is 0 Å². The molecule has 0 saturated carbocycles. The van der Waals surface area contributed by atoms with Crippen molar-refractivity contribution in [1.29, 1.82) is 0 Å². The highest BCUT2D eigenvalue weighted by molar-refractivity contribution is 5.80. The largest absolute Gasteiger partial charge is 0.493 e. The molecule has 29 heavy (non-hydrogen) atoms. The molecule has 2 heterocycles. The van der Waals surface area contributed by atoms with Gasteiger partial charge in [0.1, 0.15) is 11.5 Å². The van der Waals surface area contributed by atoms with Crippen LogP contribution in [0, 0.1) is 0 Å². The van der Waals surface area contributed by atoms with Crippen LogP contribution < -0.4 is 15.4 Å². The van der Waals surface area contributed by atoms with Crippen LogP contribution in [0.1, 0.15) is 29.7 Å². The van der Waals surface area contributed by atoms with E-state index in [0.29, 0.717) is 19.1 Å². The van der Waals surface area contributed by atoms with E-state index in [-0.39, 0.29) is 6.04 Å². The first-order valence-electron chi connectivity index (χ1n) is 10.1. The summed E-state index contributed by atoms with van der Waals surface area (Å²) in [5.41, 5.74) is 2.44. The van der Waals surface area contributed by atoms with E-state index in [9.17, 15) is 0 Å². The molecule has 2 atom stereocenters. The Morgan fingerprint density at radius 3 is 2.72 bits per heavy atom. The second-order valence-corrected chi connectivity index (χ2v) is 7.29. The van der Waals surface area contributed by atoms with Crippen LogP contribution in [0.4, 0.5) is 0 Å². The first-order chi connectivity index (χ1) is 14.3. The molecule has 0 bridgehead atoms. The number of para-hydroxylation sites is 1. The fourth-order valence-corrected chi connectivity index (χ4v) is 3.58. The maximum absolute atomic E-state index is 5.86. The number of hydrogen-bond donors (Lipinski definition) is 2. The van der Waals surface area contributed by atoms with Crippen LogP contribution in [-0.4, -0.2) is 25.2 Å². The second-order valence-electron chi connectivity index (χ2n) is 7.29. The SMILES string of the molecule is CC(NC(=NCc1ccccc1)NCCc1ccco1)C1COc2ccccc21. The Kier molecular flexibility index (Phi) is 6.15. The Morgan fingerprint density at radius 2 is 1.90 bits per heavy atom. The summed E-state index contributed by atoms with van der Waals surface area (Å²) in [7, 11) is 0. The lowest BCUT2D eigenvalue weighted by Gasteiger charge is -2.23. The summed E-state index contributed by atoms with van der Waals surface area (Å²) >= 11 is 0. The maximum Gasteiger partial charge on any atom is 0.191 e. The van der Waals surface area contributed by atoms with Crippen molar-refractivity contribution >= 4 is 5.96 Å². The number of benzene rings is 2. The van der Waals surface area contributed by atoms with Gasteiger partial charge in [0.15, 0.2) is 5.96 Å². The molecule has 0 fully saturated rings. The maximum atomic E-state index is 5.86. The number of aliphatic imine (C=N–C) groups is 1. The smallest absolute Gasteiger partial charge is 0.191 e. The van der Waals surface area contributed by atoms with Crippen molar-refractivity contribution in [3.05, 3.63) is 89.9 Å². The van der Waals surface area contributed by atoms with E-state index >= 15 is 0 Å². The van der Waals surface area contributed by atoms with Gasteiger partial charge in [0.05, 0.1) is 19.4 Å². The molecule has 0 amide bonds. The Morgan fingerprint density at radius 1 is 1.07 bits per heavy atom. The topological polar surface area (TPSA) is 58.8 Å². The predicted molar refractivity (Wildman–Crippen MR) is 115 cm³/mol. The molecule has 2 aromatic carbocycles. The number of furan rings is 1. The van der Waals surface area contributed by atoms with Crippen LogP contribution in [0.2, 0.25) is 0 Å². The highest BCUT2D eigenvalue weighted by Gasteiger charge is 2.29. The lowest BCUT2D eigenvalue weighted by Crippen LogP contribution is -2.45. The van der Waals surface area contributed by atoms with Gasteiger partial charge in [-0.3, -0.25) is 0 Å². The molecule has 0 spiro atoms. The summed E-state index contributed by atoms with van der Waals surface area (Å²) in [6.45, 7) is 4.24. The number of guanidine groups is 1. The van der Waals surface area contributed by atoms with Crippen molar-refractivity contribution in [3.63, 3.8) is 0 Å². The quantitative estimate of drug-likeness (QED) is 0.471. The summed E-state index contributed by atoms with van der Waals surface area (Å²) in [6.07, 6.45) is 2.51. The van der Waals surface area contributed by atoms with E-state index in [1.54, 1.807) is 6.26 Å². The molecule has 5 nitrogen and oxygen atoms in total. The number of ether oxygens (including phenoxy) is 1. The Labute approximate surface area is 171 Å². The van der Waals surface area contributed by atoms with Gasteiger partial charge in [-0.2, -0.15) is 0 Å². The van der Waals surface area contributed by atoms with Crippen LogP contribution in [0.15, 0.2) is 82.4 Å². The lowest BCUT2D eigenvalue weighted by molar-refractivity contribution is 0.312. The summed E-state index contributed by atoms with van der Waals surface area (Å²) in [5, 5.41) is 7.02. The molecule has 2 unspecified atom stereocenters. The third-order valence-electron chi connectivity index (χ3n) is 5.21. The molecule has 5 heteroatoms. The molecular weight excluding hydrogens is 362 g/mol. The summed E-state index contributed by atoms with van der Waals surface area (Å²) < 4.78 is 11.3. The van der Waals surface area contributed by atoms with Crippen molar-refractivity contribution in [1.82, 2.24) is 10.6 Å². The van der Waals surface area contributed by atoms with Crippen LogP contribution in [0.25, 0.3) is 0 Å². The van der Waals surface area contributed by atoms with Gasteiger partial charge in [-0.1, -0.05) is 48.5 Å². The van der Waals surface area contributed by atoms with Crippen LogP contribution in [0.5, 0.6) is 5.75 Å². The zero-order chi connectivity index (χ0) is 19.9. The standard InChI is InChI=1S/C24H27N3O2/c1-18(22-17-29-23-12-6-5-11-21(22)23)27-24(25-14-13-20-10-7-15-28-20)26-16-19-8-3-2-4-9-19/h2-12,15,18,22H,13-14,16-17H2,1H3,(H2,25,26,27). The molecule has 0 aliphatic carbocycles. The molecule has 3 aromatic rings. The molecule has 1 aliphatic rings. The number of nitrogens with one attached hydrogen (secondary N) is 2. The zero-order valence-electron chi connectivity index (χ0n) is 16.7. The van der Waals surface area contributed by atoms with E-state index in [1.807, 2.05) is 42.5 Å². The van der Waals surface area contributed by atoms with Gasteiger partial charge in [0.25, 0.3) is 0 Å². The number of fused-ring (bicyclic) bond motifs is 1. The average molecular weight is 389 g/mol. The van der Waals surface area contributed by atoms with Crippen LogP contribution >= 0.6 is 0 Å². The second kappa shape index (κ2) is 9.32. The normalized spacial score (nSPS) is 16.7. The van der Waals surface area contributed by atoms with Crippen LogP contribution in [0.3, 0.4) is 0 Å². The van der Waals surface area contributed by atoms with Crippen molar-refractivity contribution < 1.29 is 9.15 Å². The van der Waals surface area contributed by atoms with E-state index < -0.39 is 0 Å². The summed E-state index contributed by atoms with van der Waals surface area (Å²) in [5.74, 6) is 3.04. The number of nitrogens with zero attached hydrogens (tertiary/aromatic N) is 1. The summed E-state index contributed by atoms with van der Waals surface area (Å²) in [6, 6.07) is 22.6. The van der Waals surface area contributed by atoms with Gasteiger partial charge in [-0.25, -0.2) is 4.99 Å². The molecule has 1 aliphatic heterocycles. The van der Waals surface area contributed by atoms with E-state index in [4.69, 9.17) is 14.1 Å². The van der Waals surface area contributed by atoms with Gasteiger partial charge >= 0.3 is 0 Å². The molecule has 1 aromatic heterocycles. The molecule has 0 saturated heterocycles. The van der Waals surface area contributed by atoms with E-state index in [1.165, 1.54) is 11.1 Å². The van der Waals surface area contributed by atoms with Gasteiger partial charge < -0.3 is 19.8 Å². The Balaban J connectivity index is 1.42. The minimum Gasteiger partial charge on any atom is -0.493 e. The fraction of sp³-hybridized carbons (Fsp3) is 0.292. The highest BCUT2D eigenvalue weighted by atomic mass is 16.5. The van der Waals surface area contributed by atoms with Gasteiger partial charge in [-0.15, -0.1) is 0 Å². The van der Waals surface area contributed by atoms with Crippen molar-refractivity contribution in [2.24, 2.45) is 4.99 Å². The molecular formula is C24H27N3O2. The van der Waals surface area contributed by atoms with Gasteiger partial charge in [0, 0.05) is 30.5 Å². The molecule has 0 radical (unpaired) electrons. The van der Waals surface area contributed by atoms with E-state index in [0.717, 1.165) is 30.4 Å². The predicted octanol–water partition coefficient (Wildman–Crippen LogP) is 4.12. The Bertz CT molecular complexity index is 922. The fourth-order valence-electron chi connectivity index (χ4n) is 3.58. The monoisotopic (exact) mass is 389 g/mol. The average Bonchev–Trinajstić information content (AvgIpc) is 3.42. The van der Waals surface area contributed by atoms with Crippen molar-refractivity contribution in [3.8, 4) is 5.75 Å². The lowest BCUT2D eigenvalue weighted by atomic mass is 9.94. The van der Waals surface area contributed by atoms with E-state index in [2.05, 4.69) is 41.8 Å². The minimum absolute atomic E-state index is 0.185. The first kappa shape index (κ1) is 19.1. The van der Waals surface area contributed by atoms with Gasteiger partial charge in [-0.05, 0) is 30.7 Å². The van der Waals surface area contributed by atoms with Crippen LogP contribution in [-0.2, 0) is 13.0 Å². The Hall–Kier alpha value is -3.21. The van der Waals surface area contributed by atoms with Crippen molar-refractivity contribution in [2.75, 3.05) is 13.2 Å². The molecule has 2 N–H and O–H groups in total. The summed E-state index contributed by atoms with van der Waals surface area (Å²) in [4.78, 5) is 4.80. The third kappa shape index (κ3) is 4.99. The molecule has 4 rings (SSSR count). The first-order valence-corrected chi connectivity index (χ1v) is 10.1. The number of rotatable bonds is 7. The van der Waals surface area contributed by atoms with Crippen molar-refractivity contribution in [2.45, 2.75) is 31.8 Å². The molecule has 150 valence electrons.